The van der Waals surface area contributed by atoms with Gasteiger partial charge in [-0.1, -0.05) is 53.6 Å². The van der Waals surface area contributed by atoms with E-state index in [0.29, 0.717) is 17.9 Å². The van der Waals surface area contributed by atoms with Crippen LogP contribution in [0.4, 0.5) is 0 Å². The summed E-state index contributed by atoms with van der Waals surface area (Å²) in [6.07, 6.45) is -2.40. The molecule has 1 aliphatic carbocycles. The number of hydrogen-bond acceptors (Lipinski definition) is 4. The van der Waals surface area contributed by atoms with Gasteiger partial charge < -0.3 is 20.4 Å². The molecule has 0 aromatic heterocycles. The third-order valence-corrected chi connectivity index (χ3v) is 5.77. The first-order valence-electron chi connectivity index (χ1n) is 8.89. The maximum Gasteiger partial charge on any atom is 0.107 e. The van der Waals surface area contributed by atoms with Gasteiger partial charge in [-0.2, -0.15) is 0 Å². The second-order valence-corrected chi connectivity index (χ2v) is 7.68. The van der Waals surface area contributed by atoms with Gasteiger partial charge in [0.1, 0.15) is 6.10 Å². The minimum absolute atomic E-state index is 0.231. The van der Waals surface area contributed by atoms with Gasteiger partial charge >= 0.3 is 0 Å². The van der Waals surface area contributed by atoms with Crippen LogP contribution >= 0.6 is 11.6 Å². The fourth-order valence-corrected chi connectivity index (χ4v) is 3.91. The van der Waals surface area contributed by atoms with Crippen molar-refractivity contribution in [3.05, 3.63) is 69.7 Å². The number of aliphatic hydroxyl groups excluding tert-OH is 4. The third-order valence-electron chi connectivity index (χ3n) is 5.40. The number of aryl methyl sites for hydroxylation is 1. The summed E-state index contributed by atoms with van der Waals surface area (Å²) in [6, 6.07) is 13.8. The molecule has 1 fully saturated rings. The molecule has 0 aliphatic heterocycles. The quantitative estimate of drug-likeness (QED) is 0.660. The molecule has 1 saturated carbocycles. The maximum atomic E-state index is 10.4. The zero-order valence-electron chi connectivity index (χ0n) is 14.7. The van der Waals surface area contributed by atoms with Crippen molar-refractivity contribution in [3.8, 4) is 0 Å². The fourth-order valence-electron chi connectivity index (χ4n) is 3.73. The van der Waals surface area contributed by atoms with E-state index in [2.05, 4.69) is 24.3 Å². The summed E-state index contributed by atoms with van der Waals surface area (Å²) < 4.78 is 0. The van der Waals surface area contributed by atoms with Gasteiger partial charge in [0.15, 0.2) is 0 Å². The Morgan fingerprint density at radius 1 is 0.962 bits per heavy atom. The molecule has 0 unspecified atom stereocenters. The maximum absolute atomic E-state index is 10.4. The highest BCUT2D eigenvalue weighted by Crippen LogP contribution is 2.38. The average Bonchev–Trinajstić information content (AvgIpc) is 2.64. The van der Waals surface area contributed by atoms with E-state index in [1.54, 1.807) is 6.07 Å². The van der Waals surface area contributed by atoms with Gasteiger partial charge in [0.2, 0.25) is 0 Å². The number of benzene rings is 2. The second kappa shape index (κ2) is 8.07. The van der Waals surface area contributed by atoms with Crippen molar-refractivity contribution in [1.82, 2.24) is 0 Å². The summed E-state index contributed by atoms with van der Waals surface area (Å²) >= 11 is 6.37. The summed E-state index contributed by atoms with van der Waals surface area (Å²) in [5.74, 6) is -0.825. The fraction of sp³-hybridized carbons (Fsp3) is 0.429. The minimum atomic E-state index is -1.28. The predicted molar refractivity (Wildman–Crippen MR) is 101 cm³/mol. The van der Waals surface area contributed by atoms with Gasteiger partial charge in [-0.25, -0.2) is 0 Å². The molecule has 0 heterocycles. The molecule has 0 saturated heterocycles. The number of hydrogen-bond donors (Lipinski definition) is 4. The van der Waals surface area contributed by atoms with Gasteiger partial charge in [0, 0.05) is 23.5 Å². The zero-order chi connectivity index (χ0) is 18.8. The third kappa shape index (κ3) is 3.95. The average molecular weight is 377 g/mol. The first-order valence-corrected chi connectivity index (χ1v) is 9.27. The van der Waals surface area contributed by atoms with Crippen LogP contribution in [0.1, 0.15) is 34.6 Å². The molecule has 0 amide bonds. The number of halogens is 1. The van der Waals surface area contributed by atoms with Crippen molar-refractivity contribution < 1.29 is 20.4 Å². The van der Waals surface area contributed by atoms with Crippen LogP contribution in [-0.2, 0) is 6.42 Å². The normalized spacial score (nSPS) is 28.9. The Morgan fingerprint density at radius 3 is 2.31 bits per heavy atom. The zero-order valence-corrected chi connectivity index (χ0v) is 15.5. The Morgan fingerprint density at radius 2 is 1.65 bits per heavy atom. The Kier molecular flexibility index (Phi) is 6.00. The molecule has 2 aromatic rings. The lowest BCUT2D eigenvalue weighted by atomic mass is 9.73. The smallest absolute Gasteiger partial charge is 0.107 e. The Hall–Kier alpha value is -1.43. The van der Waals surface area contributed by atoms with E-state index in [0.717, 1.165) is 16.7 Å². The molecule has 3 rings (SSSR count). The molecule has 2 aromatic carbocycles. The largest absolute Gasteiger partial charge is 0.396 e. The van der Waals surface area contributed by atoms with Crippen molar-refractivity contribution in [1.29, 1.82) is 0 Å². The summed E-state index contributed by atoms with van der Waals surface area (Å²) in [4.78, 5) is 0. The van der Waals surface area contributed by atoms with E-state index in [1.165, 1.54) is 5.56 Å². The van der Waals surface area contributed by atoms with Gasteiger partial charge in [-0.05, 0) is 42.5 Å². The molecule has 5 heteroatoms. The van der Waals surface area contributed by atoms with E-state index in [1.807, 2.05) is 19.1 Å². The molecule has 1 aliphatic rings. The van der Waals surface area contributed by atoms with Crippen LogP contribution < -0.4 is 0 Å². The SMILES string of the molecule is Cc1ccc(Cc2cc([C@@H]3C[C@H](CO)[C@@H](O)[C@H](O)[C@H]3O)ccc2Cl)cc1. The molecule has 0 radical (unpaired) electrons. The van der Waals surface area contributed by atoms with Crippen LogP contribution in [0.15, 0.2) is 42.5 Å². The molecule has 26 heavy (non-hydrogen) atoms. The van der Waals surface area contributed by atoms with E-state index in [-0.39, 0.29) is 12.5 Å². The summed E-state index contributed by atoms with van der Waals surface area (Å²) in [5, 5.41) is 40.7. The standard InChI is InChI=1S/C21H25ClO4/c1-12-2-4-13(5-3-12)8-15-9-14(6-7-18(15)22)17-10-16(11-23)19(24)21(26)20(17)25/h2-7,9,16-17,19-21,23-26H,8,10-11H2,1H3/t16-,17+,19-,20+,21+/m1/s1. The molecule has 0 bridgehead atoms. The van der Waals surface area contributed by atoms with E-state index in [4.69, 9.17) is 11.6 Å². The predicted octanol–water partition coefficient (Wildman–Crippen LogP) is 2.42. The highest BCUT2D eigenvalue weighted by molar-refractivity contribution is 6.31. The summed E-state index contributed by atoms with van der Waals surface area (Å²) in [6.45, 7) is 1.81. The van der Waals surface area contributed by atoms with Crippen LogP contribution in [0.2, 0.25) is 5.02 Å². The van der Waals surface area contributed by atoms with Crippen LogP contribution in [0.5, 0.6) is 0 Å². The minimum Gasteiger partial charge on any atom is -0.396 e. The molecule has 5 atom stereocenters. The first-order chi connectivity index (χ1) is 12.4. The Balaban J connectivity index is 1.87. The van der Waals surface area contributed by atoms with Gasteiger partial charge in [0.25, 0.3) is 0 Å². The van der Waals surface area contributed by atoms with Crippen molar-refractivity contribution in [2.24, 2.45) is 5.92 Å². The molecular formula is C21H25ClO4. The lowest BCUT2D eigenvalue weighted by Gasteiger charge is -2.40. The van der Waals surface area contributed by atoms with E-state index >= 15 is 0 Å². The van der Waals surface area contributed by atoms with E-state index < -0.39 is 24.2 Å². The molecule has 4 nitrogen and oxygen atoms in total. The van der Waals surface area contributed by atoms with Crippen molar-refractivity contribution in [2.75, 3.05) is 6.61 Å². The van der Waals surface area contributed by atoms with Crippen LogP contribution in [0, 0.1) is 12.8 Å². The highest BCUT2D eigenvalue weighted by atomic mass is 35.5. The van der Waals surface area contributed by atoms with Gasteiger partial charge in [-0.3, -0.25) is 0 Å². The van der Waals surface area contributed by atoms with Crippen LogP contribution in [0.3, 0.4) is 0 Å². The monoisotopic (exact) mass is 376 g/mol. The molecule has 140 valence electrons. The Bertz CT molecular complexity index is 744. The first kappa shape index (κ1) is 19.3. The highest BCUT2D eigenvalue weighted by Gasteiger charge is 2.42. The van der Waals surface area contributed by atoms with Crippen LogP contribution in [-0.4, -0.2) is 45.3 Å². The summed E-state index contributed by atoms with van der Waals surface area (Å²) in [5.41, 5.74) is 4.14. The van der Waals surface area contributed by atoms with Crippen LogP contribution in [0.25, 0.3) is 0 Å². The topological polar surface area (TPSA) is 80.9 Å². The lowest BCUT2D eigenvalue weighted by molar-refractivity contribution is -0.127. The van der Waals surface area contributed by atoms with Gasteiger partial charge in [0.05, 0.1) is 12.2 Å². The molecular weight excluding hydrogens is 352 g/mol. The number of aliphatic hydroxyl groups is 4. The second-order valence-electron chi connectivity index (χ2n) is 7.27. The lowest BCUT2D eigenvalue weighted by Crippen LogP contribution is -2.51. The van der Waals surface area contributed by atoms with Gasteiger partial charge in [-0.15, -0.1) is 0 Å². The van der Waals surface area contributed by atoms with Crippen molar-refractivity contribution in [2.45, 2.75) is 44.0 Å². The van der Waals surface area contributed by atoms with E-state index in [9.17, 15) is 20.4 Å². The number of rotatable bonds is 4. The molecule has 0 spiro atoms. The van der Waals surface area contributed by atoms with Crippen molar-refractivity contribution >= 4 is 11.6 Å². The Labute approximate surface area is 158 Å². The van der Waals surface area contributed by atoms with Crippen molar-refractivity contribution in [3.63, 3.8) is 0 Å². The summed E-state index contributed by atoms with van der Waals surface area (Å²) in [7, 11) is 0. The molecule has 4 N–H and O–H groups in total.